The molecule has 0 saturated heterocycles. The van der Waals surface area contributed by atoms with E-state index in [4.69, 9.17) is 14.6 Å². The van der Waals surface area contributed by atoms with E-state index in [0.29, 0.717) is 37.5 Å². The summed E-state index contributed by atoms with van der Waals surface area (Å²) in [6, 6.07) is 7.05. The van der Waals surface area contributed by atoms with Crippen LogP contribution in [-0.4, -0.2) is 43.9 Å². The molecular weight excluding hydrogens is 286 g/mol. The first-order valence-electron chi connectivity index (χ1n) is 7.36. The van der Waals surface area contributed by atoms with Crippen molar-refractivity contribution in [2.24, 2.45) is 0 Å². The molecule has 0 bridgehead atoms. The third-order valence-corrected chi connectivity index (χ3v) is 3.03. The highest BCUT2D eigenvalue weighted by atomic mass is 16.5. The van der Waals surface area contributed by atoms with E-state index < -0.39 is 5.97 Å². The second kappa shape index (κ2) is 10.6. The molecule has 122 valence electrons. The lowest BCUT2D eigenvalue weighted by molar-refractivity contribution is -0.137. The summed E-state index contributed by atoms with van der Waals surface area (Å²) in [5.74, 6) is -0.444. The Kier molecular flexibility index (Phi) is 8.67. The van der Waals surface area contributed by atoms with Gasteiger partial charge in [0.05, 0.1) is 12.2 Å². The van der Waals surface area contributed by atoms with E-state index >= 15 is 0 Å². The molecule has 0 aliphatic carbocycles. The van der Waals surface area contributed by atoms with Gasteiger partial charge >= 0.3 is 5.97 Å². The number of carboxylic acid groups (broad SMARTS) is 1. The predicted molar refractivity (Wildman–Crippen MR) is 82.3 cm³/mol. The van der Waals surface area contributed by atoms with Gasteiger partial charge in [0.15, 0.2) is 0 Å². The van der Waals surface area contributed by atoms with Crippen LogP contribution in [0.5, 0.6) is 5.75 Å². The van der Waals surface area contributed by atoms with E-state index in [1.165, 1.54) is 0 Å². The van der Waals surface area contributed by atoms with Crippen LogP contribution in [0.1, 0.15) is 36.0 Å². The molecule has 1 rings (SSSR count). The Morgan fingerprint density at radius 2 is 1.91 bits per heavy atom. The lowest BCUT2D eigenvalue weighted by Gasteiger charge is -2.11. The molecule has 6 nitrogen and oxygen atoms in total. The quantitative estimate of drug-likeness (QED) is 0.611. The summed E-state index contributed by atoms with van der Waals surface area (Å²) in [5.41, 5.74) is 0.490. The fourth-order valence-corrected chi connectivity index (χ4v) is 1.89. The van der Waals surface area contributed by atoms with Crippen LogP contribution in [0.3, 0.4) is 0 Å². The Morgan fingerprint density at radius 3 is 2.64 bits per heavy atom. The molecule has 1 amide bonds. The van der Waals surface area contributed by atoms with Crippen LogP contribution >= 0.6 is 0 Å². The van der Waals surface area contributed by atoms with Gasteiger partial charge in [-0.25, -0.2) is 0 Å². The number of amides is 1. The zero-order valence-corrected chi connectivity index (χ0v) is 12.8. The number of unbranched alkanes of at least 4 members (excludes halogenated alkanes) is 2. The Bertz CT molecular complexity index is 475. The minimum absolute atomic E-state index is 0.171. The van der Waals surface area contributed by atoms with Crippen molar-refractivity contribution in [3.05, 3.63) is 29.8 Å². The summed E-state index contributed by atoms with van der Waals surface area (Å²) < 4.78 is 10.4. The molecule has 1 aromatic carbocycles. The fourth-order valence-electron chi connectivity index (χ4n) is 1.89. The minimum atomic E-state index is -0.786. The first-order valence-corrected chi connectivity index (χ1v) is 7.36. The second-order valence-electron chi connectivity index (χ2n) is 4.80. The molecule has 0 atom stereocenters. The Labute approximate surface area is 130 Å². The molecule has 0 aliphatic heterocycles. The number of methoxy groups -OCH3 is 1. The van der Waals surface area contributed by atoms with Crippen LogP contribution < -0.4 is 10.1 Å². The zero-order valence-electron chi connectivity index (χ0n) is 12.8. The number of ether oxygens (including phenoxy) is 2. The number of aliphatic carboxylic acids is 1. The zero-order chi connectivity index (χ0) is 16.2. The van der Waals surface area contributed by atoms with E-state index in [0.717, 1.165) is 12.8 Å². The van der Waals surface area contributed by atoms with Crippen LogP contribution in [0.4, 0.5) is 0 Å². The Morgan fingerprint density at radius 1 is 1.14 bits per heavy atom. The number of hydrogen-bond donors (Lipinski definition) is 2. The van der Waals surface area contributed by atoms with E-state index in [9.17, 15) is 9.59 Å². The summed E-state index contributed by atoms with van der Waals surface area (Å²) in [6.07, 6.45) is 2.33. The van der Waals surface area contributed by atoms with Gasteiger partial charge in [0.1, 0.15) is 12.4 Å². The third kappa shape index (κ3) is 7.08. The van der Waals surface area contributed by atoms with Gasteiger partial charge in [-0.1, -0.05) is 18.6 Å². The van der Waals surface area contributed by atoms with Crippen molar-refractivity contribution in [3.8, 4) is 5.75 Å². The first-order chi connectivity index (χ1) is 10.6. The summed E-state index contributed by atoms with van der Waals surface area (Å²) in [5, 5.41) is 11.4. The van der Waals surface area contributed by atoms with Crippen molar-refractivity contribution in [2.45, 2.75) is 25.7 Å². The maximum Gasteiger partial charge on any atom is 0.303 e. The number of nitrogens with one attached hydrogen (secondary N) is 1. The Hall–Kier alpha value is -2.08. The first kappa shape index (κ1) is 18.0. The van der Waals surface area contributed by atoms with Crippen LogP contribution in [0, 0.1) is 0 Å². The Balaban J connectivity index is 2.36. The number of para-hydroxylation sites is 1. The lowest BCUT2D eigenvalue weighted by atomic mass is 10.1. The maximum absolute atomic E-state index is 12.1. The maximum atomic E-state index is 12.1. The summed E-state index contributed by atoms with van der Waals surface area (Å²) in [6.45, 7) is 1.36. The molecule has 0 unspecified atom stereocenters. The van der Waals surface area contributed by atoms with Crippen LogP contribution in [0.25, 0.3) is 0 Å². The molecule has 0 heterocycles. The predicted octanol–water partition coefficient (Wildman–Crippen LogP) is 2.09. The van der Waals surface area contributed by atoms with Crippen LogP contribution in [0.2, 0.25) is 0 Å². The van der Waals surface area contributed by atoms with Gasteiger partial charge in [0.2, 0.25) is 0 Å². The average molecular weight is 309 g/mol. The summed E-state index contributed by atoms with van der Waals surface area (Å²) in [7, 11) is 1.59. The third-order valence-electron chi connectivity index (χ3n) is 3.03. The smallest absolute Gasteiger partial charge is 0.303 e. The molecule has 0 aromatic heterocycles. The van der Waals surface area contributed by atoms with E-state index in [1.807, 2.05) is 6.07 Å². The van der Waals surface area contributed by atoms with Gasteiger partial charge < -0.3 is 19.9 Å². The number of rotatable bonds is 11. The summed E-state index contributed by atoms with van der Waals surface area (Å²) >= 11 is 0. The van der Waals surface area contributed by atoms with Crippen molar-refractivity contribution >= 4 is 11.9 Å². The molecule has 0 aliphatic rings. The van der Waals surface area contributed by atoms with Crippen molar-refractivity contribution < 1.29 is 24.2 Å². The monoisotopic (exact) mass is 309 g/mol. The molecule has 6 heteroatoms. The molecule has 1 aromatic rings. The number of benzene rings is 1. The topological polar surface area (TPSA) is 84.9 Å². The SMILES string of the molecule is COCCOc1ccccc1C(=O)NCCCCCC(=O)O. The molecular formula is C16H23NO5. The van der Waals surface area contributed by atoms with E-state index in [2.05, 4.69) is 5.32 Å². The number of carbonyl (C=O) groups is 2. The number of carboxylic acids is 1. The van der Waals surface area contributed by atoms with Gasteiger partial charge in [-0.05, 0) is 25.0 Å². The van der Waals surface area contributed by atoms with Gasteiger partial charge in [-0.15, -0.1) is 0 Å². The minimum Gasteiger partial charge on any atom is -0.490 e. The highest BCUT2D eigenvalue weighted by molar-refractivity contribution is 5.96. The normalized spacial score (nSPS) is 10.2. The van der Waals surface area contributed by atoms with Crippen molar-refractivity contribution in [2.75, 3.05) is 26.9 Å². The molecule has 2 N–H and O–H groups in total. The molecule has 0 saturated carbocycles. The van der Waals surface area contributed by atoms with Crippen molar-refractivity contribution in [3.63, 3.8) is 0 Å². The van der Waals surface area contributed by atoms with Crippen LogP contribution in [0.15, 0.2) is 24.3 Å². The van der Waals surface area contributed by atoms with E-state index in [1.54, 1.807) is 25.3 Å². The summed E-state index contributed by atoms with van der Waals surface area (Å²) in [4.78, 5) is 22.5. The van der Waals surface area contributed by atoms with Gasteiger partial charge in [0, 0.05) is 20.1 Å². The highest BCUT2D eigenvalue weighted by Gasteiger charge is 2.11. The number of hydrogen-bond acceptors (Lipinski definition) is 4. The van der Waals surface area contributed by atoms with E-state index in [-0.39, 0.29) is 12.3 Å². The largest absolute Gasteiger partial charge is 0.490 e. The standard InChI is InChI=1S/C16H23NO5/c1-21-11-12-22-14-8-5-4-7-13(14)16(20)17-10-6-2-3-9-15(18)19/h4-5,7-8H,2-3,6,9-12H2,1H3,(H,17,20)(H,18,19). The molecule has 0 radical (unpaired) electrons. The van der Waals surface area contributed by atoms with Gasteiger partial charge in [-0.2, -0.15) is 0 Å². The lowest BCUT2D eigenvalue weighted by Crippen LogP contribution is -2.25. The second-order valence-corrected chi connectivity index (χ2v) is 4.80. The van der Waals surface area contributed by atoms with Crippen LogP contribution in [-0.2, 0) is 9.53 Å². The molecule has 0 spiro atoms. The van der Waals surface area contributed by atoms with Gasteiger partial charge in [0.25, 0.3) is 5.91 Å². The van der Waals surface area contributed by atoms with Crippen molar-refractivity contribution in [1.29, 1.82) is 0 Å². The molecule has 0 fully saturated rings. The highest BCUT2D eigenvalue weighted by Crippen LogP contribution is 2.17. The van der Waals surface area contributed by atoms with Crippen molar-refractivity contribution in [1.82, 2.24) is 5.32 Å². The number of carbonyl (C=O) groups excluding carboxylic acids is 1. The fraction of sp³-hybridized carbons (Fsp3) is 0.500. The van der Waals surface area contributed by atoms with Gasteiger partial charge in [-0.3, -0.25) is 9.59 Å². The average Bonchev–Trinajstić information content (AvgIpc) is 2.51. The molecule has 22 heavy (non-hydrogen) atoms.